The van der Waals surface area contributed by atoms with Crippen molar-refractivity contribution in [2.24, 2.45) is 0 Å². The minimum Gasteiger partial charge on any atom is -0.327 e. The fraction of sp³-hybridized carbons (Fsp3) is 0.100. The van der Waals surface area contributed by atoms with Crippen LogP contribution in [0.1, 0.15) is 5.56 Å². The number of hydrogen-bond donors (Lipinski definition) is 1. The van der Waals surface area contributed by atoms with Gasteiger partial charge in [-0.25, -0.2) is 0 Å². The van der Waals surface area contributed by atoms with Gasteiger partial charge < -0.3 is 4.98 Å². The number of benzene rings is 1. The van der Waals surface area contributed by atoms with E-state index in [1.165, 1.54) is 0 Å². The van der Waals surface area contributed by atoms with Crippen LogP contribution in [-0.2, 0) is 0 Å². The van der Waals surface area contributed by atoms with E-state index in [1.807, 2.05) is 25.1 Å². The molecule has 0 radical (unpaired) electrons. The van der Waals surface area contributed by atoms with E-state index in [1.54, 1.807) is 6.20 Å². The van der Waals surface area contributed by atoms with Crippen molar-refractivity contribution in [1.82, 2.24) is 4.98 Å². The lowest BCUT2D eigenvalue weighted by molar-refractivity contribution is 1.26. The first-order valence-electron chi connectivity index (χ1n) is 3.96. The van der Waals surface area contributed by atoms with Gasteiger partial charge in [0.05, 0.1) is 0 Å². The number of hydrogen-bond acceptors (Lipinski definition) is 1. The molecule has 0 unspecified atom stereocenters. The van der Waals surface area contributed by atoms with Gasteiger partial charge in [0, 0.05) is 21.4 Å². The van der Waals surface area contributed by atoms with Crippen molar-refractivity contribution in [1.29, 1.82) is 0 Å². The second kappa shape index (κ2) is 3.00. The number of halogens is 1. The molecule has 13 heavy (non-hydrogen) atoms. The summed E-state index contributed by atoms with van der Waals surface area (Å²) < 4.78 is 0.919. The van der Waals surface area contributed by atoms with Crippen molar-refractivity contribution >= 4 is 26.7 Å². The fourth-order valence-electron chi connectivity index (χ4n) is 1.34. The molecule has 1 aromatic heterocycles. The zero-order chi connectivity index (χ0) is 9.42. The van der Waals surface area contributed by atoms with Gasteiger partial charge in [-0.15, -0.1) is 0 Å². The van der Waals surface area contributed by atoms with Crippen molar-refractivity contribution in [2.75, 3.05) is 0 Å². The zero-order valence-electron chi connectivity index (χ0n) is 7.10. The van der Waals surface area contributed by atoms with Gasteiger partial charge >= 0.3 is 0 Å². The van der Waals surface area contributed by atoms with E-state index in [-0.39, 0.29) is 5.56 Å². The van der Waals surface area contributed by atoms with Crippen LogP contribution in [0.3, 0.4) is 0 Å². The van der Waals surface area contributed by atoms with Crippen LogP contribution in [0.4, 0.5) is 0 Å². The van der Waals surface area contributed by atoms with Crippen molar-refractivity contribution in [3.8, 4) is 0 Å². The lowest BCUT2D eigenvalue weighted by atomic mass is 10.1. The number of pyridine rings is 1. The lowest BCUT2D eigenvalue weighted by Gasteiger charge is -2.00. The molecule has 1 N–H and O–H groups in total. The summed E-state index contributed by atoms with van der Waals surface area (Å²) >= 11 is 3.39. The summed E-state index contributed by atoms with van der Waals surface area (Å²) in [7, 11) is 0. The fourth-order valence-corrected chi connectivity index (χ4v) is 1.80. The minimum atomic E-state index is -0.0399. The molecule has 0 amide bonds. The molecule has 2 aromatic rings. The van der Waals surface area contributed by atoms with Gasteiger partial charge in [0.25, 0.3) is 5.56 Å². The number of nitrogens with one attached hydrogen (secondary N) is 1. The van der Waals surface area contributed by atoms with E-state index >= 15 is 0 Å². The first-order valence-corrected chi connectivity index (χ1v) is 4.75. The minimum absolute atomic E-state index is 0.0399. The molecule has 0 saturated heterocycles. The predicted octanol–water partition coefficient (Wildman–Crippen LogP) is 2.60. The Bertz CT molecular complexity index is 516. The highest BCUT2D eigenvalue weighted by molar-refractivity contribution is 9.10. The van der Waals surface area contributed by atoms with Gasteiger partial charge in [0.1, 0.15) is 0 Å². The van der Waals surface area contributed by atoms with E-state index in [2.05, 4.69) is 20.9 Å². The normalized spacial score (nSPS) is 10.6. The SMILES string of the molecule is Cc1ccc2c(Br)c[nH]c(=O)c2c1. The molecule has 2 rings (SSSR count). The van der Waals surface area contributed by atoms with Crippen LogP contribution >= 0.6 is 15.9 Å². The van der Waals surface area contributed by atoms with E-state index in [9.17, 15) is 4.79 Å². The Morgan fingerprint density at radius 3 is 2.85 bits per heavy atom. The predicted molar refractivity (Wildman–Crippen MR) is 57.0 cm³/mol. The summed E-state index contributed by atoms with van der Waals surface area (Å²) in [5.74, 6) is 0. The molecule has 66 valence electrons. The molecule has 0 aliphatic rings. The molecular weight excluding hydrogens is 230 g/mol. The maximum absolute atomic E-state index is 11.4. The van der Waals surface area contributed by atoms with E-state index in [0.717, 1.165) is 20.8 Å². The molecule has 0 aliphatic carbocycles. The maximum Gasteiger partial charge on any atom is 0.255 e. The van der Waals surface area contributed by atoms with Crippen LogP contribution in [0.2, 0.25) is 0 Å². The highest BCUT2D eigenvalue weighted by atomic mass is 79.9. The number of aromatic nitrogens is 1. The summed E-state index contributed by atoms with van der Waals surface area (Å²) in [6, 6.07) is 5.83. The molecule has 0 fully saturated rings. The van der Waals surface area contributed by atoms with Crippen molar-refractivity contribution in [3.63, 3.8) is 0 Å². The number of aromatic amines is 1. The molecule has 2 nitrogen and oxygen atoms in total. The van der Waals surface area contributed by atoms with E-state index in [4.69, 9.17) is 0 Å². The molecular formula is C10H8BrNO. The van der Waals surface area contributed by atoms with E-state index in [0.29, 0.717) is 0 Å². The second-order valence-corrected chi connectivity index (χ2v) is 3.87. The summed E-state index contributed by atoms with van der Waals surface area (Å²) in [5.41, 5.74) is 1.05. The molecule has 1 aromatic carbocycles. The number of rotatable bonds is 0. The van der Waals surface area contributed by atoms with Gasteiger partial charge in [0.2, 0.25) is 0 Å². The van der Waals surface area contributed by atoms with Crippen LogP contribution in [0.25, 0.3) is 10.8 Å². The van der Waals surface area contributed by atoms with Gasteiger partial charge in [-0.3, -0.25) is 4.79 Å². The zero-order valence-corrected chi connectivity index (χ0v) is 8.68. The van der Waals surface area contributed by atoms with Crippen molar-refractivity contribution in [3.05, 3.63) is 44.8 Å². The summed E-state index contributed by atoms with van der Waals surface area (Å²) in [6.45, 7) is 1.97. The molecule has 0 bridgehead atoms. The molecule has 0 saturated carbocycles. The average Bonchev–Trinajstić information content (AvgIpc) is 2.12. The highest BCUT2D eigenvalue weighted by Gasteiger charge is 2.01. The smallest absolute Gasteiger partial charge is 0.255 e. The Kier molecular flexibility index (Phi) is 1.96. The first kappa shape index (κ1) is 8.51. The van der Waals surface area contributed by atoms with Gasteiger partial charge in [0.15, 0.2) is 0 Å². The van der Waals surface area contributed by atoms with Crippen LogP contribution < -0.4 is 5.56 Å². The molecule has 0 atom stereocenters. The van der Waals surface area contributed by atoms with Gasteiger partial charge in [-0.2, -0.15) is 0 Å². The Hall–Kier alpha value is -1.09. The van der Waals surface area contributed by atoms with Gasteiger partial charge in [-0.1, -0.05) is 17.7 Å². The Balaban J connectivity index is 3.01. The topological polar surface area (TPSA) is 32.9 Å². The lowest BCUT2D eigenvalue weighted by Crippen LogP contribution is -2.05. The average molecular weight is 238 g/mol. The van der Waals surface area contributed by atoms with Crippen molar-refractivity contribution < 1.29 is 0 Å². The van der Waals surface area contributed by atoms with Crippen LogP contribution in [0, 0.1) is 6.92 Å². The number of H-pyrrole nitrogens is 1. The molecule has 0 aliphatic heterocycles. The molecule has 3 heteroatoms. The quantitative estimate of drug-likeness (QED) is 0.751. The second-order valence-electron chi connectivity index (χ2n) is 3.01. The highest BCUT2D eigenvalue weighted by Crippen LogP contribution is 2.20. The summed E-state index contributed by atoms with van der Waals surface area (Å²) in [5, 5.41) is 1.68. The third-order valence-electron chi connectivity index (χ3n) is 2.01. The van der Waals surface area contributed by atoms with Gasteiger partial charge in [-0.05, 0) is 28.9 Å². The summed E-state index contributed by atoms with van der Waals surface area (Å²) in [6.07, 6.45) is 1.67. The Labute approximate surface area is 83.7 Å². The standard InChI is InChI=1S/C10H8BrNO/c1-6-2-3-7-8(4-6)10(13)12-5-9(7)11/h2-5H,1H3,(H,12,13). The molecule has 1 heterocycles. The maximum atomic E-state index is 11.4. The van der Waals surface area contributed by atoms with Crippen LogP contribution in [0.15, 0.2) is 33.7 Å². The number of aryl methyl sites for hydroxylation is 1. The largest absolute Gasteiger partial charge is 0.327 e. The Morgan fingerprint density at radius 2 is 2.08 bits per heavy atom. The molecule has 0 spiro atoms. The van der Waals surface area contributed by atoms with Crippen molar-refractivity contribution in [2.45, 2.75) is 6.92 Å². The van der Waals surface area contributed by atoms with Crippen LogP contribution in [0.5, 0.6) is 0 Å². The first-order chi connectivity index (χ1) is 6.18. The van der Waals surface area contributed by atoms with E-state index < -0.39 is 0 Å². The van der Waals surface area contributed by atoms with Crippen LogP contribution in [-0.4, -0.2) is 4.98 Å². The third-order valence-corrected chi connectivity index (χ3v) is 2.66. The summed E-state index contributed by atoms with van der Waals surface area (Å²) in [4.78, 5) is 14.1. The monoisotopic (exact) mass is 237 g/mol. The number of fused-ring (bicyclic) bond motifs is 1. The Morgan fingerprint density at radius 1 is 1.31 bits per heavy atom. The third kappa shape index (κ3) is 1.40.